The highest BCUT2D eigenvalue weighted by molar-refractivity contribution is 6.06. The van der Waals surface area contributed by atoms with Crippen LogP contribution in [-0.2, 0) is 19.4 Å². The fourth-order valence-electron chi connectivity index (χ4n) is 5.05. The zero-order valence-electron chi connectivity index (χ0n) is 21.8. The molecule has 5 heteroatoms. The zero-order valence-corrected chi connectivity index (χ0v) is 21.8. The number of amides is 2. The monoisotopic (exact) mass is 495 g/mol. The van der Waals surface area contributed by atoms with E-state index in [9.17, 15) is 9.59 Å². The molecule has 37 heavy (non-hydrogen) atoms. The molecule has 2 aliphatic rings. The van der Waals surface area contributed by atoms with Crippen LogP contribution in [0.4, 0.5) is 11.4 Å². The van der Waals surface area contributed by atoms with Gasteiger partial charge in [0.05, 0.1) is 5.56 Å². The lowest BCUT2D eigenvalue weighted by molar-refractivity contribution is 0.0950. The van der Waals surface area contributed by atoms with Crippen LogP contribution in [0.1, 0.15) is 82.9 Å². The van der Waals surface area contributed by atoms with Crippen LogP contribution in [-0.4, -0.2) is 24.4 Å². The number of hydrogen-bond acceptors (Lipinski definition) is 3. The molecule has 0 atom stereocenters. The van der Waals surface area contributed by atoms with E-state index >= 15 is 0 Å². The van der Waals surface area contributed by atoms with Crippen molar-refractivity contribution >= 4 is 23.2 Å². The van der Waals surface area contributed by atoms with Crippen LogP contribution < -0.4 is 15.5 Å². The number of carbonyl (C=O) groups excluding carboxylic acids is 2. The molecule has 0 bridgehead atoms. The molecule has 1 fully saturated rings. The van der Waals surface area contributed by atoms with Gasteiger partial charge in [-0.05, 0) is 79.1 Å². The number of unbranched alkanes of at least 4 members (excludes halogenated alkanes) is 3. The summed E-state index contributed by atoms with van der Waals surface area (Å²) in [4.78, 5) is 28.5. The van der Waals surface area contributed by atoms with Crippen molar-refractivity contribution in [3.05, 3.63) is 94.5 Å². The van der Waals surface area contributed by atoms with Crippen molar-refractivity contribution in [1.82, 2.24) is 5.32 Å². The summed E-state index contributed by atoms with van der Waals surface area (Å²) in [6, 6.07) is 22.4. The Morgan fingerprint density at radius 1 is 0.892 bits per heavy atom. The number of nitrogens with zero attached hydrogens (tertiary/aromatic N) is 1. The fourth-order valence-corrected chi connectivity index (χ4v) is 5.05. The van der Waals surface area contributed by atoms with Gasteiger partial charge >= 0.3 is 0 Å². The SMILES string of the molecule is CCCCCCc1ccc(C(=O)Nc2ccc(N3CCc4ccccc4C3)c(C(=O)NC3CC3)c2)cc1. The van der Waals surface area contributed by atoms with Crippen LogP contribution in [0.2, 0.25) is 0 Å². The second kappa shape index (κ2) is 11.6. The minimum Gasteiger partial charge on any atom is -0.366 e. The molecule has 1 aliphatic carbocycles. The summed E-state index contributed by atoms with van der Waals surface area (Å²) in [6.45, 7) is 3.85. The summed E-state index contributed by atoms with van der Waals surface area (Å²) in [6.07, 6.45) is 8.99. The first-order valence-corrected chi connectivity index (χ1v) is 13.8. The van der Waals surface area contributed by atoms with Crippen LogP contribution in [0.3, 0.4) is 0 Å². The van der Waals surface area contributed by atoms with Gasteiger partial charge in [0.1, 0.15) is 0 Å². The van der Waals surface area contributed by atoms with Crippen LogP contribution in [0.5, 0.6) is 0 Å². The molecule has 2 amide bonds. The van der Waals surface area contributed by atoms with E-state index in [0.717, 1.165) is 44.5 Å². The van der Waals surface area contributed by atoms with Crippen LogP contribution in [0.25, 0.3) is 0 Å². The third-order valence-corrected chi connectivity index (χ3v) is 7.42. The molecule has 2 N–H and O–H groups in total. The van der Waals surface area contributed by atoms with Gasteiger partial charge in [-0.25, -0.2) is 0 Å². The van der Waals surface area contributed by atoms with Gasteiger partial charge in [-0.3, -0.25) is 9.59 Å². The lowest BCUT2D eigenvalue weighted by Crippen LogP contribution is -2.33. The number of hydrogen-bond donors (Lipinski definition) is 2. The van der Waals surface area contributed by atoms with Crippen molar-refractivity contribution in [2.24, 2.45) is 0 Å². The van der Waals surface area contributed by atoms with Gasteiger partial charge in [-0.2, -0.15) is 0 Å². The number of rotatable bonds is 10. The molecule has 192 valence electrons. The summed E-state index contributed by atoms with van der Waals surface area (Å²) < 4.78 is 0. The van der Waals surface area contributed by atoms with E-state index in [2.05, 4.69) is 46.7 Å². The van der Waals surface area contributed by atoms with E-state index in [4.69, 9.17) is 0 Å². The van der Waals surface area contributed by atoms with Crippen molar-refractivity contribution in [1.29, 1.82) is 0 Å². The third-order valence-electron chi connectivity index (χ3n) is 7.42. The van der Waals surface area contributed by atoms with Gasteiger partial charge in [0.2, 0.25) is 0 Å². The van der Waals surface area contributed by atoms with E-state index in [-0.39, 0.29) is 17.9 Å². The Labute approximate surface area is 220 Å². The van der Waals surface area contributed by atoms with Crippen LogP contribution >= 0.6 is 0 Å². The Kier molecular flexibility index (Phi) is 7.88. The highest BCUT2D eigenvalue weighted by Crippen LogP contribution is 2.31. The normalized spacial score (nSPS) is 14.7. The second-order valence-corrected chi connectivity index (χ2v) is 10.4. The lowest BCUT2D eigenvalue weighted by atomic mass is 9.98. The van der Waals surface area contributed by atoms with Gasteiger partial charge in [-0.15, -0.1) is 0 Å². The Morgan fingerprint density at radius 3 is 2.43 bits per heavy atom. The molecule has 0 saturated heterocycles. The first kappa shape index (κ1) is 25.1. The Hall–Kier alpha value is -3.60. The Morgan fingerprint density at radius 2 is 1.68 bits per heavy atom. The highest BCUT2D eigenvalue weighted by Gasteiger charge is 2.27. The van der Waals surface area contributed by atoms with Crippen molar-refractivity contribution in [2.75, 3.05) is 16.8 Å². The second-order valence-electron chi connectivity index (χ2n) is 10.4. The van der Waals surface area contributed by atoms with Gasteiger partial charge in [0, 0.05) is 36.1 Å². The minimum absolute atomic E-state index is 0.0696. The summed E-state index contributed by atoms with van der Waals surface area (Å²) >= 11 is 0. The molecule has 1 aliphatic heterocycles. The fraction of sp³-hybridized carbons (Fsp3) is 0.375. The third kappa shape index (κ3) is 6.40. The maximum atomic E-state index is 13.2. The number of nitrogens with one attached hydrogen (secondary N) is 2. The van der Waals surface area contributed by atoms with E-state index in [1.807, 2.05) is 42.5 Å². The quantitative estimate of drug-likeness (QED) is 0.315. The number of carbonyl (C=O) groups is 2. The van der Waals surface area contributed by atoms with Crippen molar-refractivity contribution in [3.8, 4) is 0 Å². The van der Waals surface area contributed by atoms with Crippen molar-refractivity contribution < 1.29 is 9.59 Å². The van der Waals surface area contributed by atoms with E-state index < -0.39 is 0 Å². The predicted octanol–water partition coefficient (Wildman–Crippen LogP) is 6.52. The summed E-state index contributed by atoms with van der Waals surface area (Å²) in [5, 5.41) is 6.14. The van der Waals surface area contributed by atoms with Crippen LogP contribution in [0.15, 0.2) is 66.7 Å². The smallest absolute Gasteiger partial charge is 0.255 e. The Bertz CT molecular complexity index is 1250. The van der Waals surface area contributed by atoms with Gasteiger partial charge in [0.15, 0.2) is 0 Å². The maximum Gasteiger partial charge on any atom is 0.255 e. The highest BCUT2D eigenvalue weighted by atomic mass is 16.2. The molecule has 1 heterocycles. The lowest BCUT2D eigenvalue weighted by Gasteiger charge is -2.32. The molecule has 3 aromatic carbocycles. The Balaban J connectivity index is 1.31. The summed E-state index contributed by atoms with van der Waals surface area (Å²) in [7, 11) is 0. The molecule has 0 aromatic heterocycles. The van der Waals surface area contributed by atoms with Crippen LogP contribution in [0, 0.1) is 0 Å². The minimum atomic E-state index is -0.161. The van der Waals surface area contributed by atoms with Crippen molar-refractivity contribution in [2.45, 2.75) is 70.9 Å². The summed E-state index contributed by atoms with van der Waals surface area (Å²) in [5.41, 5.74) is 6.73. The number of benzene rings is 3. The van der Waals surface area contributed by atoms with Gasteiger partial charge in [-0.1, -0.05) is 62.6 Å². The standard InChI is InChI=1S/C32H37N3O2/c1-2-3-4-5-8-23-11-13-25(14-12-23)31(36)34-28-17-18-30(29(21-28)32(37)33-27-15-16-27)35-20-19-24-9-6-7-10-26(24)22-35/h6-7,9-14,17-18,21,27H,2-5,8,15-16,19-20,22H2,1H3,(H,33,37)(H,34,36). The average Bonchev–Trinajstić information content (AvgIpc) is 3.75. The molecule has 5 nitrogen and oxygen atoms in total. The molecule has 0 spiro atoms. The van der Waals surface area contributed by atoms with Gasteiger partial charge in [0.25, 0.3) is 11.8 Å². The maximum absolute atomic E-state index is 13.2. The molecule has 0 radical (unpaired) electrons. The molecule has 0 unspecified atom stereocenters. The first-order chi connectivity index (χ1) is 18.1. The van der Waals surface area contributed by atoms with E-state index in [1.165, 1.54) is 42.4 Å². The number of aryl methyl sites for hydroxylation is 1. The molecular formula is C32H37N3O2. The van der Waals surface area contributed by atoms with Crippen molar-refractivity contribution in [3.63, 3.8) is 0 Å². The zero-order chi connectivity index (χ0) is 25.6. The molecule has 3 aromatic rings. The van der Waals surface area contributed by atoms with Gasteiger partial charge < -0.3 is 15.5 Å². The first-order valence-electron chi connectivity index (χ1n) is 13.8. The molecule has 1 saturated carbocycles. The largest absolute Gasteiger partial charge is 0.366 e. The van der Waals surface area contributed by atoms with E-state index in [0.29, 0.717) is 16.8 Å². The predicted molar refractivity (Wildman–Crippen MR) is 150 cm³/mol. The molecular weight excluding hydrogens is 458 g/mol. The van der Waals surface area contributed by atoms with E-state index in [1.54, 1.807) is 0 Å². The molecule has 5 rings (SSSR count). The summed E-state index contributed by atoms with van der Waals surface area (Å²) in [5.74, 6) is -0.231. The topological polar surface area (TPSA) is 61.4 Å². The number of anilines is 2. The number of fused-ring (bicyclic) bond motifs is 1. The average molecular weight is 496 g/mol.